The second-order valence-corrected chi connectivity index (χ2v) is 6.23. The monoisotopic (exact) mass is 302 g/mol. The largest absolute Gasteiger partial charge is 0.397 e. The van der Waals surface area contributed by atoms with Crippen molar-refractivity contribution in [2.75, 3.05) is 23.4 Å². The Morgan fingerprint density at radius 3 is 3.00 bits per heavy atom. The van der Waals surface area contributed by atoms with E-state index in [2.05, 4.69) is 5.32 Å². The molecule has 1 atom stereocenters. The van der Waals surface area contributed by atoms with Crippen molar-refractivity contribution in [1.29, 1.82) is 0 Å². The molecule has 0 bridgehead atoms. The molecule has 6 heteroatoms. The Morgan fingerprint density at radius 1 is 1.58 bits per heavy atom. The van der Waals surface area contributed by atoms with Gasteiger partial charge in [-0.3, -0.25) is 4.79 Å². The van der Waals surface area contributed by atoms with Crippen LogP contribution in [0.15, 0.2) is 18.2 Å². The Balaban J connectivity index is 2.33. The van der Waals surface area contributed by atoms with Gasteiger partial charge < -0.3 is 16.2 Å². The molecule has 1 unspecified atom stereocenters. The summed E-state index contributed by atoms with van der Waals surface area (Å²) < 4.78 is 0. The summed E-state index contributed by atoms with van der Waals surface area (Å²) in [5, 5.41) is 12.4. The number of carbonyl (C=O) groups is 1. The molecule has 1 aromatic rings. The van der Waals surface area contributed by atoms with E-state index in [0.29, 0.717) is 22.8 Å². The van der Waals surface area contributed by atoms with Crippen LogP contribution in [-0.4, -0.2) is 28.6 Å². The highest BCUT2D eigenvalue weighted by molar-refractivity contribution is 7.99. The molecule has 0 saturated heterocycles. The number of nitrogens with two attached hydrogens (primary N) is 1. The van der Waals surface area contributed by atoms with Crippen LogP contribution in [0.5, 0.6) is 0 Å². The van der Waals surface area contributed by atoms with E-state index in [1.165, 1.54) is 0 Å². The Bertz CT molecular complexity index is 429. The van der Waals surface area contributed by atoms with E-state index in [4.69, 9.17) is 22.4 Å². The fraction of sp³-hybridized carbons (Fsp3) is 0.462. The molecule has 0 aliphatic heterocycles. The van der Waals surface area contributed by atoms with Gasteiger partial charge in [0.2, 0.25) is 5.91 Å². The zero-order valence-electron chi connectivity index (χ0n) is 10.9. The Labute approximate surface area is 122 Å². The number of hydrogen-bond donors (Lipinski definition) is 3. The van der Waals surface area contributed by atoms with Crippen LogP contribution in [0.3, 0.4) is 0 Å². The first kappa shape index (κ1) is 16.1. The van der Waals surface area contributed by atoms with Gasteiger partial charge in [0.15, 0.2) is 0 Å². The van der Waals surface area contributed by atoms with Gasteiger partial charge >= 0.3 is 0 Å². The number of aliphatic hydroxyl groups is 1. The lowest BCUT2D eigenvalue weighted by Gasteiger charge is -2.09. The van der Waals surface area contributed by atoms with Gasteiger partial charge in [-0.15, -0.1) is 0 Å². The van der Waals surface area contributed by atoms with Gasteiger partial charge in [0, 0.05) is 16.7 Å². The van der Waals surface area contributed by atoms with Crippen molar-refractivity contribution in [3.63, 3.8) is 0 Å². The van der Waals surface area contributed by atoms with Gasteiger partial charge in [-0.2, -0.15) is 11.8 Å². The normalized spacial score (nSPS) is 12.2. The topological polar surface area (TPSA) is 75.3 Å². The van der Waals surface area contributed by atoms with E-state index in [0.717, 1.165) is 12.2 Å². The molecule has 0 aliphatic rings. The lowest BCUT2D eigenvalue weighted by molar-refractivity contribution is -0.116. The van der Waals surface area contributed by atoms with E-state index < -0.39 is 0 Å². The predicted molar refractivity (Wildman–Crippen MR) is 82.7 cm³/mol. The molecular formula is C13H19ClN2O2S. The summed E-state index contributed by atoms with van der Waals surface area (Å²) >= 11 is 7.50. The van der Waals surface area contributed by atoms with Crippen molar-refractivity contribution >= 4 is 40.6 Å². The SMILES string of the molecule is CC(CO)SCCCC(=O)Nc1cc(Cl)ccc1N. The average molecular weight is 303 g/mol. The first-order valence-corrected chi connectivity index (χ1v) is 7.53. The van der Waals surface area contributed by atoms with Crippen LogP contribution < -0.4 is 11.1 Å². The van der Waals surface area contributed by atoms with Crippen LogP contribution in [0.4, 0.5) is 11.4 Å². The quantitative estimate of drug-likeness (QED) is 0.535. The summed E-state index contributed by atoms with van der Waals surface area (Å²) in [6.45, 7) is 2.12. The zero-order valence-corrected chi connectivity index (χ0v) is 12.4. The highest BCUT2D eigenvalue weighted by atomic mass is 35.5. The highest BCUT2D eigenvalue weighted by Gasteiger charge is 2.06. The number of amides is 1. The van der Waals surface area contributed by atoms with Crippen LogP contribution >= 0.6 is 23.4 Å². The molecule has 0 aliphatic carbocycles. The van der Waals surface area contributed by atoms with Crippen LogP contribution in [0, 0.1) is 0 Å². The Kier molecular flexibility index (Phi) is 7.05. The number of nitrogen functional groups attached to an aromatic ring is 1. The number of thioether (sulfide) groups is 1. The third-order valence-electron chi connectivity index (χ3n) is 2.50. The Morgan fingerprint density at radius 2 is 2.32 bits per heavy atom. The predicted octanol–water partition coefficient (Wildman–Crippen LogP) is 2.75. The number of anilines is 2. The summed E-state index contributed by atoms with van der Waals surface area (Å²) in [4.78, 5) is 11.7. The molecule has 4 nitrogen and oxygen atoms in total. The van der Waals surface area contributed by atoms with Crippen LogP contribution in [-0.2, 0) is 4.79 Å². The lowest BCUT2D eigenvalue weighted by Crippen LogP contribution is -2.13. The zero-order chi connectivity index (χ0) is 14.3. The summed E-state index contributed by atoms with van der Waals surface area (Å²) in [6.07, 6.45) is 1.19. The van der Waals surface area contributed by atoms with Gasteiger partial charge in [-0.05, 0) is 30.4 Å². The van der Waals surface area contributed by atoms with Crippen molar-refractivity contribution in [3.05, 3.63) is 23.2 Å². The molecule has 1 aromatic carbocycles. The summed E-state index contributed by atoms with van der Waals surface area (Å²) in [5.74, 6) is 0.770. The smallest absolute Gasteiger partial charge is 0.224 e. The fourth-order valence-electron chi connectivity index (χ4n) is 1.42. The van der Waals surface area contributed by atoms with Crippen molar-refractivity contribution in [3.8, 4) is 0 Å². The summed E-state index contributed by atoms with van der Waals surface area (Å²) in [5.41, 5.74) is 6.80. The number of benzene rings is 1. The number of halogens is 1. The summed E-state index contributed by atoms with van der Waals surface area (Å²) in [7, 11) is 0. The average Bonchev–Trinajstić information content (AvgIpc) is 2.38. The van der Waals surface area contributed by atoms with E-state index in [-0.39, 0.29) is 17.8 Å². The van der Waals surface area contributed by atoms with Gasteiger partial charge in [0.1, 0.15) is 0 Å². The van der Waals surface area contributed by atoms with E-state index in [1.807, 2.05) is 6.92 Å². The number of nitrogens with one attached hydrogen (secondary N) is 1. The molecule has 106 valence electrons. The molecule has 0 radical (unpaired) electrons. The standard InChI is InChI=1S/C13H19ClN2O2S/c1-9(8-17)19-6-2-3-13(18)16-12-7-10(14)4-5-11(12)15/h4-5,7,9,17H,2-3,6,8,15H2,1H3,(H,16,18). The molecule has 0 aromatic heterocycles. The fourth-order valence-corrected chi connectivity index (χ4v) is 2.41. The van der Waals surface area contributed by atoms with Crippen molar-refractivity contribution < 1.29 is 9.90 Å². The first-order valence-electron chi connectivity index (χ1n) is 6.10. The van der Waals surface area contributed by atoms with E-state index >= 15 is 0 Å². The molecule has 1 amide bonds. The van der Waals surface area contributed by atoms with Crippen LogP contribution in [0.2, 0.25) is 5.02 Å². The molecule has 4 N–H and O–H groups in total. The molecule has 0 fully saturated rings. The lowest BCUT2D eigenvalue weighted by atomic mass is 10.2. The van der Waals surface area contributed by atoms with E-state index in [9.17, 15) is 4.79 Å². The van der Waals surface area contributed by atoms with Gasteiger partial charge in [-0.1, -0.05) is 18.5 Å². The van der Waals surface area contributed by atoms with Crippen LogP contribution in [0.25, 0.3) is 0 Å². The minimum Gasteiger partial charge on any atom is -0.397 e. The maximum Gasteiger partial charge on any atom is 0.224 e. The molecular weight excluding hydrogens is 284 g/mol. The molecule has 0 saturated carbocycles. The molecule has 0 spiro atoms. The van der Waals surface area contributed by atoms with Gasteiger partial charge in [-0.25, -0.2) is 0 Å². The third-order valence-corrected chi connectivity index (χ3v) is 3.97. The van der Waals surface area contributed by atoms with Crippen molar-refractivity contribution in [2.24, 2.45) is 0 Å². The highest BCUT2D eigenvalue weighted by Crippen LogP contribution is 2.23. The maximum absolute atomic E-state index is 11.7. The molecule has 1 rings (SSSR count). The van der Waals surface area contributed by atoms with Crippen molar-refractivity contribution in [2.45, 2.75) is 25.0 Å². The second-order valence-electron chi connectivity index (χ2n) is 4.25. The molecule has 0 heterocycles. The third kappa shape index (κ3) is 6.18. The van der Waals surface area contributed by atoms with Crippen molar-refractivity contribution in [1.82, 2.24) is 0 Å². The van der Waals surface area contributed by atoms with E-state index in [1.54, 1.807) is 30.0 Å². The minimum absolute atomic E-state index is 0.0776. The van der Waals surface area contributed by atoms with Crippen LogP contribution in [0.1, 0.15) is 19.8 Å². The summed E-state index contributed by atoms with van der Waals surface area (Å²) in [6, 6.07) is 4.98. The van der Waals surface area contributed by atoms with Gasteiger partial charge in [0.25, 0.3) is 0 Å². The van der Waals surface area contributed by atoms with Gasteiger partial charge in [0.05, 0.1) is 18.0 Å². The number of carbonyl (C=O) groups excluding carboxylic acids is 1. The first-order chi connectivity index (χ1) is 9.02. The maximum atomic E-state index is 11.7. The Hall–Kier alpha value is -0.910. The number of rotatable bonds is 7. The second kappa shape index (κ2) is 8.30. The number of hydrogen-bond acceptors (Lipinski definition) is 4. The minimum atomic E-state index is -0.0776. The number of aliphatic hydroxyl groups excluding tert-OH is 1. The molecule has 19 heavy (non-hydrogen) atoms.